The molecule has 0 aliphatic carbocycles. The Labute approximate surface area is 221 Å². The average molecular weight is 513 g/mol. The van der Waals surface area contributed by atoms with Crippen molar-refractivity contribution in [1.29, 1.82) is 0 Å². The van der Waals surface area contributed by atoms with E-state index in [9.17, 15) is 19.8 Å². The van der Waals surface area contributed by atoms with Crippen LogP contribution in [0.2, 0.25) is 0 Å². The van der Waals surface area contributed by atoms with Crippen molar-refractivity contribution in [2.24, 2.45) is 0 Å². The minimum absolute atomic E-state index is 0.164. The monoisotopic (exact) mass is 512 g/mol. The van der Waals surface area contributed by atoms with Crippen LogP contribution < -0.4 is 0 Å². The van der Waals surface area contributed by atoms with Crippen LogP contribution in [-0.4, -0.2) is 47.6 Å². The number of ether oxygens (including phenoxy) is 2. The lowest BCUT2D eigenvalue weighted by atomic mass is 10.0. The molecule has 2 unspecified atom stereocenters. The Bertz CT molecular complexity index is 522. The van der Waals surface area contributed by atoms with Gasteiger partial charge in [0.05, 0.1) is 6.10 Å². The first kappa shape index (κ1) is 34.6. The van der Waals surface area contributed by atoms with Gasteiger partial charge in [0.15, 0.2) is 0 Å². The summed E-state index contributed by atoms with van der Waals surface area (Å²) < 4.78 is 10.1. The van der Waals surface area contributed by atoms with Crippen molar-refractivity contribution in [3.63, 3.8) is 0 Å². The maximum absolute atomic E-state index is 11.9. The zero-order valence-electron chi connectivity index (χ0n) is 23.2. The van der Waals surface area contributed by atoms with E-state index < -0.39 is 12.1 Å². The Balaban J connectivity index is 3.54. The van der Waals surface area contributed by atoms with E-state index in [2.05, 4.69) is 13.5 Å². The van der Waals surface area contributed by atoms with Crippen LogP contribution in [0.4, 0.5) is 0 Å². The van der Waals surface area contributed by atoms with Crippen molar-refractivity contribution in [3.05, 3.63) is 12.7 Å². The fourth-order valence-electron chi connectivity index (χ4n) is 4.15. The van der Waals surface area contributed by atoms with E-state index in [-0.39, 0.29) is 31.7 Å². The summed E-state index contributed by atoms with van der Waals surface area (Å²) in [6, 6.07) is 0. The highest BCUT2D eigenvalue weighted by Crippen LogP contribution is 2.14. The van der Waals surface area contributed by atoms with Gasteiger partial charge in [0, 0.05) is 12.8 Å². The summed E-state index contributed by atoms with van der Waals surface area (Å²) in [7, 11) is 0. The fourth-order valence-corrected chi connectivity index (χ4v) is 4.15. The number of esters is 2. The van der Waals surface area contributed by atoms with Gasteiger partial charge < -0.3 is 19.7 Å². The van der Waals surface area contributed by atoms with Crippen molar-refractivity contribution in [2.45, 2.75) is 154 Å². The first-order valence-corrected chi connectivity index (χ1v) is 14.8. The quantitative estimate of drug-likeness (QED) is 0.0687. The molecule has 0 aliphatic rings. The van der Waals surface area contributed by atoms with E-state index in [0.29, 0.717) is 19.3 Å². The molecule has 0 amide bonds. The van der Waals surface area contributed by atoms with Crippen LogP contribution in [0.1, 0.15) is 142 Å². The predicted octanol–water partition coefficient (Wildman–Crippen LogP) is 7.19. The first-order valence-electron chi connectivity index (χ1n) is 14.8. The molecule has 0 bridgehead atoms. The maximum Gasteiger partial charge on any atom is 0.305 e. The molecule has 0 saturated carbocycles. The maximum atomic E-state index is 11.9. The van der Waals surface area contributed by atoms with Gasteiger partial charge in [-0.05, 0) is 38.5 Å². The minimum atomic E-state index is -1.02. The molecule has 0 fully saturated rings. The second-order valence-corrected chi connectivity index (χ2v) is 10.1. The molecule has 0 aromatic heterocycles. The number of rotatable bonds is 27. The van der Waals surface area contributed by atoms with Gasteiger partial charge >= 0.3 is 11.9 Å². The summed E-state index contributed by atoms with van der Waals surface area (Å²) >= 11 is 0. The van der Waals surface area contributed by atoms with Crippen molar-refractivity contribution in [3.8, 4) is 0 Å². The lowest BCUT2D eigenvalue weighted by Crippen LogP contribution is -2.25. The average Bonchev–Trinajstić information content (AvgIpc) is 2.86. The van der Waals surface area contributed by atoms with Crippen molar-refractivity contribution in [2.75, 3.05) is 13.2 Å². The number of unbranched alkanes of at least 4 members (excludes halogenated alkanes) is 14. The number of carbonyl (C=O) groups excluding carboxylic acids is 2. The molecule has 36 heavy (non-hydrogen) atoms. The topological polar surface area (TPSA) is 93.1 Å². The molecule has 0 heterocycles. The van der Waals surface area contributed by atoms with Gasteiger partial charge in [0.2, 0.25) is 0 Å². The summed E-state index contributed by atoms with van der Waals surface area (Å²) in [6.45, 7) is 5.59. The first-order chi connectivity index (χ1) is 17.5. The van der Waals surface area contributed by atoms with Crippen LogP contribution in [-0.2, 0) is 19.1 Å². The highest BCUT2D eigenvalue weighted by molar-refractivity contribution is 5.69. The van der Waals surface area contributed by atoms with E-state index in [4.69, 9.17) is 9.47 Å². The van der Waals surface area contributed by atoms with Crippen molar-refractivity contribution >= 4 is 11.9 Å². The minimum Gasteiger partial charge on any atom is -0.463 e. The van der Waals surface area contributed by atoms with Gasteiger partial charge in [-0.15, -0.1) is 6.58 Å². The third kappa shape index (κ3) is 25.7. The van der Waals surface area contributed by atoms with Crippen molar-refractivity contribution < 1.29 is 29.3 Å². The second kappa shape index (κ2) is 26.7. The smallest absolute Gasteiger partial charge is 0.305 e. The van der Waals surface area contributed by atoms with E-state index in [1.165, 1.54) is 51.4 Å². The predicted molar refractivity (Wildman–Crippen MR) is 147 cm³/mol. The van der Waals surface area contributed by atoms with Crippen LogP contribution in [0.3, 0.4) is 0 Å². The SMILES string of the molecule is C=CCCCCCCCC(=O)OCC(O)COC(=O)CCCC(O)CCCCCCCCCCCC. The summed E-state index contributed by atoms with van der Waals surface area (Å²) in [4.78, 5) is 23.6. The molecule has 0 radical (unpaired) electrons. The number of aliphatic hydroxyl groups excluding tert-OH is 2. The summed E-state index contributed by atoms with van der Waals surface area (Å²) in [5.41, 5.74) is 0. The van der Waals surface area contributed by atoms with Gasteiger partial charge in [0.25, 0.3) is 0 Å². The molecule has 2 atom stereocenters. The normalized spacial score (nSPS) is 12.8. The number of aliphatic hydroxyl groups is 2. The standard InChI is InChI=1S/C30H56O6/c1-3-5-7-9-11-12-13-15-16-18-21-27(31)22-20-24-30(34)36-26-28(32)25-35-29(33)23-19-17-14-10-8-6-4-2/h4,27-28,31-32H,2-3,5-26H2,1H3. The van der Waals surface area contributed by atoms with E-state index >= 15 is 0 Å². The van der Waals surface area contributed by atoms with Gasteiger partial charge in [-0.2, -0.15) is 0 Å². The third-order valence-corrected chi connectivity index (χ3v) is 6.47. The molecule has 0 rings (SSSR count). The Morgan fingerprint density at radius 3 is 1.64 bits per heavy atom. The molecule has 6 heteroatoms. The van der Waals surface area contributed by atoms with Crippen LogP contribution in [0.5, 0.6) is 0 Å². The Kier molecular flexibility index (Phi) is 25.6. The lowest BCUT2D eigenvalue weighted by molar-refractivity contribution is -0.152. The van der Waals surface area contributed by atoms with E-state index in [1.807, 2.05) is 6.08 Å². The van der Waals surface area contributed by atoms with Gasteiger partial charge in [0.1, 0.15) is 19.3 Å². The molecule has 0 aromatic carbocycles. The van der Waals surface area contributed by atoms with Crippen molar-refractivity contribution in [1.82, 2.24) is 0 Å². The zero-order chi connectivity index (χ0) is 26.7. The summed E-state index contributed by atoms with van der Waals surface area (Å²) in [5, 5.41) is 20.0. The molecule has 0 spiro atoms. The molecule has 0 aromatic rings. The highest BCUT2D eigenvalue weighted by atomic mass is 16.6. The highest BCUT2D eigenvalue weighted by Gasteiger charge is 2.13. The molecule has 0 saturated heterocycles. The molecule has 0 aliphatic heterocycles. The van der Waals surface area contributed by atoms with Crippen LogP contribution >= 0.6 is 0 Å². The van der Waals surface area contributed by atoms with Gasteiger partial charge in [-0.3, -0.25) is 9.59 Å². The van der Waals surface area contributed by atoms with E-state index in [0.717, 1.165) is 57.8 Å². The number of allylic oxidation sites excluding steroid dienone is 1. The molecular weight excluding hydrogens is 456 g/mol. The number of hydrogen-bond donors (Lipinski definition) is 2. The summed E-state index contributed by atoms with van der Waals surface area (Å²) in [5.74, 6) is -0.731. The zero-order valence-corrected chi connectivity index (χ0v) is 23.2. The third-order valence-electron chi connectivity index (χ3n) is 6.47. The molecular formula is C30H56O6. The van der Waals surface area contributed by atoms with Crippen LogP contribution in [0.15, 0.2) is 12.7 Å². The Morgan fingerprint density at radius 1 is 0.639 bits per heavy atom. The Morgan fingerprint density at radius 2 is 1.08 bits per heavy atom. The number of hydrogen-bond acceptors (Lipinski definition) is 6. The fraction of sp³-hybridized carbons (Fsp3) is 0.867. The molecule has 2 N–H and O–H groups in total. The molecule has 212 valence electrons. The molecule has 6 nitrogen and oxygen atoms in total. The van der Waals surface area contributed by atoms with Crippen LogP contribution in [0.25, 0.3) is 0 Å². The number of carbonyl (C=O) groups is 2. The van der Waals surface area contributed by atoms with Gasteiger partial charge in [-0.1, -0.05) is 96.5 Å². The second-order valence-electron chi connectivity index (χ2n) is 10.1. The summed E-state index contributed by atoms with van der Waals surface area (Å²) in [6.07, 6.45) is 22.0. The lowest BCUT2D eigenvalue weighted by Gasteiger charge is -2.13. The Hall–Kier alpha value is -1.40. The van der Waals surface area contributed by atoms with E-state index in [1.54, 1.807) is 0 Å². The largest absolute Gasteiger partial charge is 0.463 e. The van der Waals surface area contributed by atoms with Gasteiger partial charge in [-0.25, -0.2) is 0 Å². The van der Waals surface area contributed by atoms with Crippen LogP contribution in [0, 0.1) is 0 Å².